The van der Waals surface area contributed by atoms with Gasteiger partial charge in [-0.1, -0.05) is 12.8 Å². The lowest BCUT2D eigenvalue weighted by Gasteiger charge is -2.22. The van der Waals surface area contributed by atoms with Gasteiger partial charge in [-0.3, -0.25) is 4.79 Å². The first-order valence-corrected chi connectivity index (χ1v) is 7.85. The Morgan fingerprint density at radius 2 is 2.26 bits per heavy atom. The first kappa shape index (κ1) is 14.5. The summed E-state index contributed by atoms with van der Waals surface area (Å²) >= 11 is 1.65. The van der Waals surface area contributed by atoms with Crippen LogP contribution in [0.2, 0.25) is 0 Å². The summed E-state index contributed by atoms with van der Waals surface area (Å²) in [7, 11) is 0. The van der Waals surface area contributed by atoms with Crippen LogP contribution in [0.25, 0.3) is 0 Å². The van der Waals surface area contributed by atoms with E-state index in [1.165, 1.54) is 0 Å². The molecule has 0 aromatic carbocycles. The maximum absolute atomic E-state index is 11.7. The molecule has 1 amide bonds. The van der Waals surface area contributed by atoms with Crippen LogP contribution in [0.3, 0.4) is 0 Å². The fourth-order valence-electron chi connectivity index (χ4n) is 2.51. The highest BCUT2D eigenvalue weighted by molar-refractivity contribution is 7.09. The van der Waals surface area contributed by atoms with Crippen molar-refractivity contribution in [3.8, 4) is 0 Å². The second kappa shape index (κ2) is 6.48. The Morgan fingerprint density at radius 1 is 1.53 bits per heavy atom. The molecular weight excluding hydrogens is 260 g/mol. The van der Waals surface area contributed by atoms with Gasteiger partial charge in [0, 0.05) is 18.3 Å². The van der Waals surface area contributed by atoms with Crippen LogP contribution in [-0.2, 0) is 11.2 Å². The fraction of sp³-hybridized carbons (Fsp3) is 0.714. The van der Waals surface area contributed by atoms with Crippen LogP contribution in [0, 0.1) is 6.92 Å². The van der Waals surface area contributed by atoms with Crippen LogP contribution in [0.15, 0.2) is 5.38 Å². The summed E-state index contributed by atoms with van der Waals surface area (Å²) in [6, 6.07) is 0. The molecular formula is C14H22N2O2S. The minimum Gasteiger partial charge on any atom is -0.388 e. The molecule has 0 unspecified atom stereocenters. The molecule has 19 heavy (non-hydrogen) atoms. The quantitative estimate of drug-likeness (QED) is 0.841. The van der Waals surface area contributed by atoms with E-state index in [2.05, 4.69) is 15.7 Å². The Morgan fingerprint density at radius 3 is 2.89 bits per heavy atom. The number of aryl methyl sites for hydroxylation is 2. The number of aliphatic hydroxyl groups is 1. The van der Waals surface area contributed by atoms with E-state index in [0.29, 0.717) is 13.0 Å². The normalized spacial score (nSPS) is 17.6. The molecule has 1 saturated carbocycles. The lowest BCUT2D eigenvalue weighted by molar-refractivity contribution is -0.122. The van der Waals surface area contributed by atoms with E-state index in [1.54, 1.807) is 11.3 Å². The van der Waals surface area contributed by atoms with Gasteiger partial charge < -0.3 is 10.4 Å². The van der Waals surface area contributed by atoms with E-state index in [0.717, 1.165) is 49.2 Å². The van der Waals surface area contributed by atoms with Crippen molar-refractivity contribution in [3.05, 3.63) is 16.1 Å². The van der Waals surface area contributed by atoms with Gasteiger partial charge in [-0.25, -0.2) is 4.98 Å². The number of rotatable bonds is 6. The average Bonchev–Trinajstić information content (AvgIpc) is 2.97. The van der Waals surface area contributed by atoms with Gasteiger partial charge in [0.1, 0.15) is 0 Å². The van der Waals surface area contributed by atoms with Crippen molar-refractivity contribution in [1.29, 1.82) is 0 Å². The Labute approximate surface area is 118 Å². The van der Waals surface area contributed by atoms with E-state index < -0.39 is 5.60 Å². The van der Waals surface area contributed by atoms with Crippen LogP contribution in [0.5, 0.6) is 0 Å². The highest BCUT2D eigenvalue weighted by Gasteiger charge is 2.31. The third kappa shape index (κ3) is 4.58. The zero-order chi connectivity index (χ0) is 13.7. The standard InChI is InChI=1S/C14H22N2O2S/c1-11-16-12(9-19-11)5-4-6-13(17)15-10-14(18)7-2-3-8-14/h9,18H,2-8,10H2,1H3,(H,15,17). The second-order valence-corrected chi connectivity index (χ2v) is 6.48. The van der Waals surface area contributed by atoms with E-state index in [4.69, 9.17) is 0 Å². The van der Waals surface area contributed by atoms with Gasteiger partial charge >= 0.3 is 0 Å². The van der Waals surface area contributed by atoms with E-state index in [-0.39, 0.29) is 5.91 Å². The molecule has 1 heterocycles. The van der Waals surface area contributed by atoms with Crippen LogP contribution in [-0.4, -0.2) is 28.1 Å². The summed E-state index contributed by atoms with van der Waals surface area (Å²) in [5.41, 5.74) is 0.423. The minimum atomic E-state index is -0.651. The molecule has 0 saturated heterocycles. The largest absolute Gasteiger partial charge is 0.388 e. The maximum Gasteiger partial charge on any atom is 0.220 e. The molecule has 1 aromatic rings. The molecule has 1 fully saturated rings. The summed E-state index contributed by atoms with van der Waals surface area (Å²) in [6.45, 7) is 2.39. The lowest BCUT2D eigenvalue weighted by Crippen LogP contribution is -2.40. The Kier molecular flexibility index (Phi) is 4.93. The molecule has 2 rings (SSSR count). The highest BCUT2D eigenvalue weighted by atomic mass is 32.1. The van der Waals surface area contributed by atoms with Gasteiger partial charge in [-0.05, 0) is 32.6 Å². The first-order valence-electron chi connectivity index (χ1n) is 6.97. The number of hydrogen-bond acceptors (Lipinski definition) is 4. The average molecular weight is 282 g/mol. The van der Waals surface area contributed by atoms with Crippen molar-refractivity contribution in [1.82, 2.24) is 10.3 Å². The number of nitrogens with zero attached hydrogens (tertiary/aromatic N) is 1. The Balaban J connectivity index is 1.62. The van der Waals surface area contributed by atoms with E-state index in [9.17, 15) is 9.90 Å². The predicted molar refractivity (Wildman–Crippen MR) is 76.2 cm³/mol. The lowest BCUT2D eigenvalue weighted by atomic mass is 10.0. The molecule has 1 aliphatic rings. The van der Waals surface area contributed by atoms with Crippen LogP contribution in [0.4, 0.5) is 0 Å². The van der Waals surface area contributed by atoms with Crippen molar-refractivity contribution < 1.29 is 9.90 Å². The summed E-state index contributed by atoms with van der Waals surface area (Å²) in [5.74, 6) is 0.0345. The molecule has 0 spiro atoms. The van der Waals surface area contributed by atoms with Crippen molar-refractivity contribution in [3.63, 3.8) is 0 Å². The van der Waals surface area contributed by atoms with Crippen LogP contribution in [0.1, 0.15) is 49.2 Å². The monoisotopic (exact) mass is 282 g/mol. The van der Waals surface area contributed by atoms with Gasteiger partial charge in [0.15, 0.2) is 0 Å². The maximum atomic E-state index is 11.7. The number of amides is 1. The minimum absolute atomic E-state index is 0.0345. The molecule has 1 aromatic heterocycles. The molecule has 5 heteroatoms. The topological polar surface area (TPSA) is 62.2 Å². The Hall–Kier alpha value is -0.940. The molecule has 0 atom stereocenters. The van der Waals surface area contributed by atoms with Crippen LogP contribution >= 0.6 is 11.3 Å². The number of hydrogen-bond donors (Lipinski definition) is 2. The number of carbonyl (C=O) groups is 1. The van der Waals surface area contributed by atoms with Crippen LogP contribution < -0.4 is 5.32 Å². The molecule has 2 N–H and O–H groups in total. The zero-order valence-corrected chi connectivity index (χ0v) is 12.3. The van der Waals surface area contributed by atoms with Crippen molar-refractivity contribution in [2.24, 2.45) is 0 Å². The number of aromatic nitrogens is 1. The first-order chi connectivity index (χ1) is 9.07. The predicted octanol–water partition coefficient (Wildman–Crippen LogP) is 2.20. The van der Waals surface area contributed by atoms with Gasteiger partial charge in [-0.2, -0.15) is 0 Å². The number of nitrogens with one attached hydrogen (secondary N) is 1. The SMILES string of the molecule is Cc1nc(CCCC(=O)NCC2(O)CCCC2)cs1. The summed E-state index contributed by atoms with van der Waals surface area (Å²) in [5, 5.41) is 16.1. The molecule has 4 nitrogen and oxygen atoms in total. The summed E-state index contributed by atoms with van der Waals surface area (Å²) in [4.78, 5) is 16.1. The smallest absolute Gasteiger partial charge is 0.220 e. The zero-order valence-electron chi connectivity index (χ0n) is 11.4. The van der Waals surface area contributed by atoms with Gasteiger partial charge in [0.2, 0.25) is 5.91 Å². The van der Waals surface area contributed by atoms with Crippen molar-refractivity contribution >= 4 is 17.2 Å². The summed E-state index contributed by atoms with van der Waals surface area (Å²) < 4.78 is 0. The van der Waals surface area contributed by atoms with Crippen molar-refractivity contribution in [2.45, 2.75) is 57.5 Å². The molecule has 0 bridgehead atoms. The van der Waals surface area contributed by atoms with E-state index >= 15 is 0 Å². The second-order valence-electron chi connectivity index (χ2n) is 5.42. The third-order valence-corrected chi connectivity index (χ3v) is 4.47. The number of thiazole rings is 1. The molecule has 0 radical (unpaired) electrons. The number of carbonyl (C=O) groups excluding carboxylic acids is 1. The fourth-order valence-corrected chi connectivity index (χ4v) is 3.16. The third-order valence-electron chi connectivity index (χ3n) is 3.65. The van der Waals surface area contributed by atoms with Gasteiger partial charge in [0.05, 0.1) is 16.3 Å². The van der Waals surface area contributed by atoms with Gasteiger partial charge in [-0.15, -0.1) is 11.3 Å². The Bertz CT molecular complexity index is 425. The molecule has 0 aliphatic heterocycles. The van der Waals surface area contributed by atoms with E-state index in [1.807, 2.05) is 6.92 Å². The van der Waals surface area contributed by atoms with Crippen molar-refractivity contribution in [2.75, 3.05) is 6.54 Å². The molecule has 1 aliphatic carbocycles. The highest BCUT2D eigenvalue weighted by Crippen LogP contribution is 2.28. The molecule has 106 valence electrons. The summed E-state index contributed by atoms with van der Waals surface area (Å²) in [6.07, 6.45) is 5.92. The van der Waals surface area contributed by atoms with Gasteiger partial charge in [0.25, 0.3) is 0 Å².